The molecule has 0 aromatic heterocycles. The Bertz CT molecular complexity index is 960. The van der Waals surface area contributed by atoms with Gasteiger partial charge in [-0.1, -0.05) is 30.3 Å². The van der Waals surface area contributed by atoms with Gasteiger partial charge in [0.15, 0.2) is 30.5 Å². The molecule has 0 heterocycles. The highest BCUT2D eigenvalue weighted by molar-refractivity contribution is 5.98. The van der Waals surface area contributed by atoms with Crippen LogP contribution < -0.4 is 14.8 Å². The summed E-state index contributed by atoms with van der Waals surface area (Å²) in [5.41, 5.74) is 1.10. The highest BCUT2D eigenvalue weighted by Gasteiger charge is 2.15. The van der Waals surface area contributed by atoms with E-state index in [-0.39, 0.29) is 49.1 Å². The molecule has 0 radical (unpaired) electrons. The topological polar surface area (TPSA) is 126 Å². The van der Waals surface area contributed by atoms with E-state index in [1.54, 1.807) is 0 Å². The van der Waals surface area contributed by atoms with Crippen molar-refractivity contribution in [3.05, 3.63) is 59.7 Å². The standard InChI is InChI=1S/C23H25NO9/c1-29-22(27)14-31-19-9-8-17(10-20(19)32-15-23(28)30-2)18(25)11-24-12-21(26)33-13-16-6-4-3-5-7-16/h3-10,24H,11-15H2,1-2H3. The zero-order valence-corrected chi connectivity index (χ0v) is 18.3. The van der Waals surface area contributed by atoms with Crippen LogP contribution in [0.1, 0.15) is 15.9 Å². The van der Waals surface area contributed by atoms with Gasteiger partial charge in [0.2, 0.25) is 0 Å². The molecule has 0 fully saturated rings. The minimum absolute atomic E-state index is 0.0671. The van der Waals surface area contributed by atoms with Crippen LogP contribution >= 0.6 is 0 Å². The summed E-state index contributed by atoms with van der Waals surface area (Å²) in [6, 6.07) is 13.5. The lowest BCUT2D eigenvalue weighted by atomic mass is 10.1. The van der Waals surface area contributed by atoms with Crippen molar-refractivity contribution in [3.8, 4) is 11.5 Å². The minimum atomic E-state index is -0.638. The molecular weight excluding hydrogens is 434 g/mol. The molecule has 176 valence electrons. The Hall–Kier alpha value is -3.92. The molecule has 10 heteroatoms. The van der Waals surface area contributed by atoms with E-state index < -0.39 is 24.5 Å². The second kappa shape index (κ2) is 13.5. The average molecular weight is 459 g/mol. The van der Waals surface area contributed by atoms with Crippen molar-refractivity contribution in [2.75, 3.05) is 40.5 Å². The number of ether oxygens (including phenoxy) is 5. The second-order valence-corrected chi connectivity index (χ2v) is 6.56. The van der Waals surface area contributed by atoms with Crippen molar-refractivity contribution >= 4 is 23.7 Å². The molecule has 2 rings (SSSR count). The molecule has 0 aliphatic heterocycles. The van der Waals surface area contributed by atoms with Gasteiger partial charge >= 0.3 is 17.9 Å². The Kier molecular flexibility index (Phi) is 10.4. The second-order valence-electron chi connectivity index (χ2n) is 6.56. The van der Waals surface area contributed by atoms with E-state index in [4.69, 9.17) is 14.2 Å². The molecule has 0 bridgehead atoms. The Labute approximate surface area is 190 Å². The molecule has 0 saturated carbocycles. The number of nitrogens with one attached hydrogen (secondary N) is 1. The van der Waals surface area contributed by atoms with Crippen molar-refractivity contribution in [1.29, 1.82) is 0 Å². The molecule has 1 N–H and O–H groups in total. The maximum Gasteiger partial charge on any atom is 0.343 e. The summed E-state index contributed by atoms with van der Waals surface area (Å²) in [5.74, 6) is -1.89. The minimum Gasteiger partial charge on any atom is -0.478 e. The van der Waals surface area contributed by atoms with Crippen molar-refractivity contribution in [2.24, 2.45) is 0 Å². The molecule has 0 aliphatic carbocycles. The first kappa shape index (κ1) is 25.3. The first-order chi connectivity index (χ1) is 15.9. The van der Waals surface area contributed by atoms with Crippen molar-refractivity contribution in [3.63, 3.8) is 0 Å². The van der Waals surface area contributed by atoms with Crippen LogP contribution in [0.25, 0.3) is 0 Å². The van der Waals surface area contributed by atoms with E-state index in [1.807, 2.05) is 30.3 Å². The molecule has 33 heavy (non-hydrogen) atoms. The molecule has 0 unspecified atom stereocenters. The Morgan fingerprint density at radius 1 is 0.758 bits per heavy atom. The van der Waals surface area contributed by atoms with Gasteiger partial charge < -0.3 is 23.7 Å². The lowest BCUT2D eigenvalue weighted by Gasteiger charge is -2.13. The Morgan fingerprint density at radius 3 is 2.03 bits per heavy atom. The zero-order valence-electron chi connectivity index (χ0n) is 18.3. The number of rotatable bonds is 13. The molecule has 2 aromatic rings. The summed E-state index contributed by atoms with van der Waals surface area (Å²) in [4.78, 5) is 47.1. The van der Waals surface area contributed by atoms with Crippen LogP contribution in [-0.2, 0) is 35.2 Å². The maximum absolute atomic E-state index is 12.5. The first-order valence-corrected chi connectivity index (χ1v) is 9.89. The number of carbonyl (C=O) groups is 4. The van der Waals surface area contributed by atoms with Gasteiger partial charge in [-0.3, -0.25) is 14.9 Å². The summed E-state index contributed by atoms with van der Waals surface area (Å²) in [6.07, 6.45) is 0. The summed E-state index contributed by atoms with van der Waals surface area (Å²) in [5, 5.41) is 2.73. The number of benzene rings is 2. The fraction of sp³-hybridized carbons (Fsp3) is 0.304. The normalized spacial score (nSPS) is 10.1. The third kappa shape index (κ3) is 8.99. The Morgan fingerprint density at radius 2 is 1.39 bits per heavy atom. The zero-order chi connectivity index (χ0) is 24.1. The number of esters is 3. The van der Waals surface area contributed by atoms with Crippen LogP contribution in [0.5, 0.6) is 11.5 Å². The van der Waals surface area contributed by atoms with Gasteiger partial charge in [0.1, 0.15) is 6.61 Å². The van der Waals surface area contributed by atoms with E-state index in [0.717, 1.165) is 5.56 Å². The highest BCUT2D eigenvalue weighted by Crippen LogP contribution is 2.28. The molecule has 0 amide bonds. The monoisotopic (exact) mass is 459 g/mol. The fourth-order valence-corrected chi connectivity index (χ4v) is 2.47. The molecule has 0 saturated heterocycles. The summed E-state index contributed by atoms with van der Waals surface area (Å²) >= 11 is 0. The number of hydrogen-bond acceptors (Lipinski definition) is 10. The van der Waals surface area contributed by atoms with Crippen LogP contribution in [0.2, 0.25) is 0 Å². The molecule has 0 aliphatic rings. The van der Waals surface area contributed by atoms with E-state index >= 15 is 0 Å². The van der Waals surface area contributed by atoms with Crippen molar-refractivity contribution in [1.82, 2.24) is 5.32 Å². The Balaban J connectivity index is 1.92. The molecular formula is C23H25NO9. The smallest absolute Gasteiger partial charge is 0.343 e. The third-order valence-electron chi connectivity index (χ3n) is 4.21. The largest absolute Gasteiger partial charge is 0.478 e. The maximum atomic E-state index is 12.5. The first-order valence-electron chi connectivity index (χ1n) is 9.89. The summed E-state index contributed by atoms with van der Waals surface area (Å²) in [6.45, 7) is -0.952. The lowest BCUT2D eigenvalue weighted by Crippen LogP contribution is -2.29. The van der Waals surface area contributed by atoms with Crippen LogP contribution in [-0.4, -0.2) is 64.2 Å². The molecule has 2 aromatic carbocycles. The number of carbonyl (C=O) groups excluding carboxylic acids is 4. The number of ketones is 1. The molecule has 0 atom stereocenters. The van der Waals surface area contributed by atoms with Crippen LogP contribution in [0, 0.1) is 0 Å². The predicted molar refractivity (Wildman–Crippen MR) is 115 cm³/mol. The van der Waals surface area contributed by atoms with Crippen LogP contribution in [0.3, 0.4) is 0 Å². The van der Waals surface area contributed by atoms with Gasteiger partial charge in [0, 0.05) is 5.56 Å². The highest BCUT2D eigenvalue weighted by atomic mass is 16.6. The molecule has 0 spiro atoms. The quantitative estimate of drug-likeness (QED) is 0.266. The van der Waals surface area contributed by atoms with E-state index in [0.29, 0.717) is 0 Å². The van der Waals surface area contributed by atoms with E-state index in [1.165, 1.54) is 32.4 Å². The average Bonchev–Trinajstić information content (AvgIpc) is 2.85. The van der Waals surface area contributed by atoms with E-state index in [2.05, 4.69) is 14.8 Å². The van der Waals surface area contributed by atoms with Crippen LogP contribution in [0.4, 0.5) is 0 Å². The van der Waals surface area contributed by atoms with Gasteiger partial charge in [-0.05, 0) is 23.8 Å². The lowest BCUT2D eigenvalue weighted by molar-refractivity contribution is -0.144. The third-order valence-corrected chi connectivity index (χ3v) is 4.21. The van der Waals surface area contributed by atoms with Crippen molar-refractivity contribution in [2.45, 2.75) is 6.61 Å². The van der Waals surface area contributed by atoms with Gasteiger partial charge in [0.05, 0.1) is 27.3 Å². The van der Waals surface area contributed by atoms with Crippen LogP contribution in [0.15, 0.2) is 48.5 Å². The van der Waals surface area contributed by atoms with Gasteiger partial charge in [-0.15, -0.1) is 0 Å². The summed E-state index contributed by atoms with van der Waals surface area (Å²) < 4.78 is 24.9. The fourth-order valence-electron chi connectivity index (χ4n) is 2.47. The number of Topliss-reactive ketones (excluding diaryl/α,β-unsaturated/α-hetero) is 1. The predicted octanol–water partition coefficient (Wildman–Crippen LogP) is 1.31. The van der Waals surface area contributed by atoms with Crippen molar-refractivity contribution < 1.29 is 42.9 Å². The number of hydrogen-bond donors (Lipinski definition) is 1. The SMILES string of the molecule is COC(=O)COc1ccc(C(=O)CNCC(=O)OCc2ccccc2)cc1OCC(=O)OC. The summed E-state index contributed by atoms with van der Waals surface area (Å²) in [7, 11) is 2.42. The van der Waals surface area contributed by atoms with Gasteiger partial charge in [-0.25, -0.2) is 9.59 Å². The number of methoxy groups -OCH3 is 2. The van der Waals surface area contributed by atoms with Gasteiger partial charge in [0.25, 0.3) is 0 Å². The van der Waals surface area contributed by atoms with Gasteiger partial charge in [-0.2, -0.15) is 0 Å². The van der Waals surface area contributed by atoms with E-state index in [9.17, 15) is 19.2 Å². The molecule has 10 nitrogen and oxygen atoms in total.